The van der Waals surface area contributed by atoms with Crippen LogP contribution in [0, 0.1) is 0 Å². The highest BCUT2D eigenvalue weighted by Gasteiger charge is 1.87. The second-order valence-electron chi connectivity index (χ2n) is 3.34. The Morgan fingerprint density at radius 3 is 2.31 bits per heavy atom. The van der Waals surface area contributed by atoms with Gasteiger partial charge in [-0.3, -0.25) is 0 Å². The second kappa shape index (κ2) is 11.3. The summed E-state index contributed by atoms with van der Waals surface area (Å²) in [5.74, 6) is 0. The topological polar surface area (TPSA) is 24.1 Å². The molecule has 0 aliphatic rings. The standard InChI is InChI=1S/C11H24N2/c1-3-4-5-6-7-8-9-13-11-10-12-2/h10-13H,3-9H2,1-2H3/b11-10-. The summed E-state index contributed by atoms with van der Waals surface area (Å²) < 4.78 is 0. The minimum atomic E-state index is 1.10. The van der Waals surface area contributed by atoms with E-state index in [0.717, 1.165) is 6.54 Å². The van der Waals surface area contributed by atoms with Gasteiger partial charge in [0.1, 0.15) is 0 Å². The zero-order chi connectivity index (χ0) is 9.78. The summed E-state index contributed by atoms with van der Waals surface area (Å²) in [6.07, 6.45) is 12.1. The minimum absolute atomic E-state index is 1.10. The lowest BCUT2D eigenvalue weighted by atomic mass is 10.1. The molecule has 0 unspecified atom stereocenters. The summed E-state index contributed by atoms with van der Waals surface area (Å²) in [6.45, 7) is 3.36. The summed E-state index contributed by atoms with van der Waals surface area (Å²) in [6, 6.07) is 0. The quantitative estimate of drug-likeness (QED) is 0.538. The molecule has 2 heteroatoms. The van der Waals surface area contributed by atoms with Crippen molar-refractivity contribution in [2.24, 2.45) is 0 Å². The fraction of sp³-hybridized carbons (Fsp3) is 0.818. The first-order valence-corrected chi connectivity index (χ1v) is 5.47. The predicted octanol–water partition coefficient (Wildman–Crippen LogP) is 2.63. The number of unbranched alkanes of at least 4 members (excludes halogenated alkanes) is 5. The smallest absolute Gasteiger partial charge is 0.0141 e. The molecule has 0 bridgehead atoms. The van der Waals surface area contributed by atoms with E-state index in [1.54, 1.807) is 0 Å². The van der Waals surface area contributed by atoms with Crippen LogP contribution in [0.3, 0.4) is 0 Å². The van der Waals surface area contributed by atoms with Crippen molar-refractivity contribution >= 4 is 0 Å². The molecule has 0 saturated carbocycles. The van der Waals surface area contributed by atoms with E-state index in [0.29, 0.717) is 0 Å². The molecular formula is C11H24N2. The van der Waals surface area contributed by atoms with Crippen molar-refractivity contribution in [1.29, 1.82) is 0 Å². The van der Waals surface area contributed by atoms with Gasteiger partial charge in [0, 0.05) is 26.0 Å². The van der Waals surface area contributed by atoms with Gasteiger partial charge in [0.25, 0.3) is 0 Å². The molecule has 0 aromatic rings. The molecule has 0 aliphatic heterocycles. The molecule has 2 N–H and O–H groups in total. The number of nitrogens with one attached hydrogen (secondary N) is 2. The van der Waals surface area contributed by atoms with Crippen LogP contribution >= 0.6 is 0 Å². The zero-order valence-electron chi connectivity index (χ0n) is 9.10. The second-order valence-corrected chi connectivity index (χ2v) is 3.34. The van der Waals surface area contributed by atoms with Crippen molar-refractivity contribution in [3.8, 4) is 0 Å². The van der Waals surface area contributed by atoms with Crippen LogP contribution in [0.15, 0.2) is 12.4 Å². The first-order chi connectivity index (χ1) is 6.41. The maximum absolute atomic E-state index is 3.23. The third-order valence-electron chi connectivity index (χ3n) is 2.04. The molecule has 0 aromatic heterocycles. The van der Waals surface area contributed by atoms with Gasteiger partial charge in [0.15, 0.2) is 0 Å². The fourth-order valence-corrected chi connectivity index (χ4v) is 1.23. The Morgan fingerprint density at radius 1 is 0.923 bits per heavy atom. The molecule has 78 valence electrons. The Bertz CT molecular complexity index is 111. The Labute approximate surface area is 82.8 Å². The van der Waals surface area contributed by atoms with Gasteiger partial charge in [-0.15, -0.1) is 0 Å². The zero-order valence-corrected chi connectivity index (χ0v) is 9.10. The Morgan fingerprint density at radius 2 is 1.62 bits per heavy atom. The molecule has 0 amide bonds. The lowest BCUT2D eigenvalue weighted by Crippen LogP contribution is -2.08. The lowest BCUT2D eigenvalue weighted by molar-refractivity contribution is 0.598. The SMILES string of the molecule is CCCCCCCCN/C=C\NC. The van der Waals surface area contributed by atoms with Gasteiger partial charge in [-0.2, -0.15) is 0 Å². The molecule has 0 spiro atoms. The number of hydrogen-bond acceptors (Lipinski definition) is 2. The van der Waals surface area contributed by atoms with E-state index in [1.807, 2.05) is 19.4 Å². The van der Waals surface area contributed by atoms with Crippen molar-refractivity contribution in [2.45, 2.75) is 45.4 Å². The van der Waals surface area contributed by atoms with Crippen LogP contribution in [-0.2, 0) is 0 Å². The van der Waals surface area contributed by atoms with Crippen LogP contribution in [0.1, 0.15) is 45.4 Å². The number of rotatable bonds is 9. The van der Waals surface area contributed by atoms with Crippen LogP contribution in [0.2, 0.25) is 0 Å². The van der Waals surface area contributed by atoms with Crippen molar-refractivity contribution in [2.75, 3.05) is 13.6 Å². The maximum atomic E-state index is 3.23. The molecule has 13 heavy (non-hydrogen) atoms. The Hall–Kier alpha value is -0.660. The Kier molecular flexibility index (Phi) is 10.8. The normalized spacial score (nSPS) is 10.6. The van der Waals surface area contributed by atoms with Crippen molar-refractivity contribution < 1.29 is 0 Å². The third-order valence-corrected chi connectivity index (χ3v) is 2.04. The monoisotopic (exact) mass is 184 g/mol. The largest absolute Gasteiger partial charge is 0.393 e. The first kappa shape index (κ1) is 12.3. The van der Waals surface area contributed by atoms with Crippen LogP contribution in [0.5, 0.6) is 0 Å². The molecule has 2 nitrogen and oxygen atoms in total. The van der Waals surface area contributed by atoms with E-state index in [-0.39, 0.29) is 0 Å². The number of hydrogen-bond donors (Lipinski definition) is 2. The van der Waals surface area contributed by atoms with Gasteiger partial charge in [-0.1, -0.05) is 39.0 Å². The lowest BCUT2D eigenvalue weighted by Gasteiger charge is -2.00. The van der Waals surface area contributed by atoms with Crippen molar-refractivity contribution in [3.63, 3.8) is 0 Å². The molecule has 0 aliphatic carbocycles. The van der Waals surface area contributed by atoms with Gasteiger partial charge < -0.3 is 10.6 Å². The fourth-order valence-electron chi connectivity index (χ4n) is 1.23. The van der Waals surface area contributed by atoms with Gasteiger partial charge >= 0.3 is 0 Å². The van der Waals surface area contributed by atoms with Crippen molar-refractivity contribution in [1.82, 2.24) is 10.6 Å². The summed E-state index contributed by atoms with van der Waals surface area (Å²) in [4.78, 5) is 0. The van der Waals surface area contributed by atoms with Crippen LogP contribution in [0.4, 0.5) is 0 Å². The van der Waals surface area contributed by atoms with Crippen molar-refractivity contribution in [3.05, 3.63) is 12.4 Å². The highest BCUT2D eigenvalue weighted by molar-refractivity contribution is 4.74. The minimum Gasteiger partial charge on any atom is -0.393 e. The molecule has 0 heterocycles. The molecule has 0 aromatic carbocycles. The summed E-state index contributed by atoms with van der Waals surface area (Å²) in [5.41, 5.74) is 0. The summed E-state index contributed by atoms with van der Waals surface area (Å²) >= 11 is 0. The van der Waals surface area contributed by atoms with Gasteiger partial charge in [-0.25, -0.2) is 0 Å². The Balaban J connectivity index is 2.87. The molecule has 0 fully saturated rings. The molecule has 0 rings (SSSR count). The van der Waals surface area contributed by atoms with Gasteiger partial charge in [0.2, 0.25) is 0 Å². The molecular weight excluding hydrogens is 160 g/mol. The van der Waals surface area contributed by atoms with E-state index in [1.165, 1.54) is 38.5 Å². The first-order valence-electron chi connectivity index (χ1n) is 5.47. The maximum Gasteiger partial charge on any atom is 0.0141 e. The molecule has 0 atom stereocenters. The molecule has 0 saturated heterocycles. The molecule has 0 radical (unpaired) electrons. The van der Waals surface area contributed by atoms with Crippen LogP contribution in [0.25, 0.3) is 0 Å². The van der Waals surface area contributed by atoms with Crippen LogP contribution < -0.4 is 10.6 Å². The van der Waals surface area contributed by atoms with E-state index in [2.05, 4.69) is 17.6 Å². The van der Waals surface area contributed by atoms with E-state index < -0.39 is 0 Å². The van der Waals surface area contributed by atoms with E-state index in [4.69, 9.17) is 0 Å². The summed E-state index contributed by atoms with van der Waals surface area (Å²) in [7, 11) is 1.91. The average Bonchev–Trinajstić information content (AvgIpc) is 2.16. The van der Waals surface area contributed by atoms with E-state index >= 15 is 0 Å². The van der Waals surface area contributed by atoms with Crippen LogP contribution in [-0.4, -0.2) is 13.6 Å². The summed E-state index contributed by atoms with van der Waals surface area (Å²) in [5, 5.41) is 6.18. The highest BCUT2D eigenvalue weighted by atomic mass is 14.9. The third kappa shape index (κ3) is 11.3. The van der Waals surface area contributed by atoms with Gasteiger partial charge in [0.05, 0.1) is 0 Å². The average molecular weight is 184 g/mol. The van der Waals surface area contributed by atoms with E-state index in [9.17, 15) is 0 Å². The highest BCUT2D eigenvalue weighted by Crippen LogP contribution is 2.03. The predicted molar refractivity (Wildman–Crippen MR) is 59.6 cm³/mol. The van der Waals surface area contributed by atoms with Gasteiger partial charge in [-0.05, 0) is 6.42 Å².